The minimum absolute atomic E-state index is 0.0661. The molecule has 0 aliphatic heterocycles. The van der Waals surface area contributed by atoms with Gasteiger partial charge in [0.1, 0.15) is 5.75 Å². The van der Waals surface area contributed by atoms with Crippen LogP contribution >= 0.6 is 0 Å². The monoisotopic (exact) mass is 448 g/mol. The van der Waals surface area contributed by atoms with Gasteiger partial charge in [-0.05, 0) is 48.9 Å². The summed E-state index contributed by atoms with van der Waals surface area (Å²) >= 11 is 0. The van der Waals surface area contributed by atoms with Crippen LogP contribution in [0.2, 0.25) is 0 Å². The van der Waals surface area contributed by atoms with Gasteiger partial charge in [-0.25, -0.2) is 8.42 Å². The summed E-state index contributed by atoms with van der Waals surface area (Å²) in [5.41, 5.74) is 5.99. The molecular formula is C21H28N4O5S. The predicted octanol–water partition coefficient (Wildman–Crippen LogP) is 1.91. The number of anilines is 1. The molecule has 0 saturated heterocycles. The number of rotatable bonds is 9. The van der Waals surface area contributed by atoms with Gasteiger partial charge in [-0.3, -0.25) is 20.4 Å². The molecule has 0 bridgehead atoms. The van der Waals surface area contributed by atoms with Gasteiger partial charge >= 0.3 is 0 Å². The lowest BCUT2D eigenvalue weighted by atomic mass is 10.1. The predicted molar refractivity (Wildman–Crippen MR) is 118 cm³/mol. The summed E-state index contributed by atoms with van der Waals surface area (Å²) in [6.07, 6.45) is 0. The number of carbonyl (C=O) groups is 2. The van der Waals surface area contributed by atoms with Gasteiger partial charge in [-0.2, -0.15) is 4.31 Å². The van der Waals surface area contributed by atoms with E-state index in [0.29, 0.717) is 30.1 Å². The molecule has 3 N–H and O–H groups in total. The molecule has 2 amide bonds. The van der Waals surface area contributed by atoms with E-state index >= 15 is 0 Å². The first kappa shape index (κ1) is 24.2. The van der Waals surface area contributed by atoms with Crippen molar-refractivity contribution in [3.63, 3.8) is 0 Å². The second kappa shape index (κ2) is 10.8. The molecule has 0 radical (unpaired) electrons. The number of hydrogen-bond acceptors (Lipinski definition) is 6. The van der Waals surface area contributed by atoms with Crippen LogP contribution in [0.5, 0.6) is 5.75 Å². The molecule has 2 aromatic rings. The number of hydrazine groups is 1. The molecular weight excluding hydrogens is 420 g/mol. The highest BCUT2D eigenvalue weighted by atomic mass is 32.2. The fourth-order valence-corrected chi connectivity index (χ4v) is 4.56. The summed E-state index contributed by atoms with van der Waals surface area (Å²) in [4.78, 5) is 24.5. The van der Waals surface area contributed by atoms with Crippen molar-refractivity contribution < 1.29 is 22.7 Å². The highest BCUT2D eigenvalue weighted by Gasteiger charge is 2.24. The zero-order valence-electron chi connectivity index (χ0n) is 18.1. The average Bonchev–Trinajstić information content (AvgIpc) is 2.77. The van der Waals surface area contributed by atoms with E-state index in [-0.39, 0.29) is 17.0 Å². The molecule has 9 nitrogen and oxygen atoms in total. The molecule has 10 heteroatoms. The third-order valence-electron chi connectivity index (χ3n) is 4.63. The van der Waals surface area contributed by atoms with Gasteiger partial charge in [0, 0.05) is 24.3 Å². The second-order valence-corrected chi connectivity index (χ2v) is 8.56. The quantitative estimate of drug-likeness (QED) is 0.505. The number of benzene rings is 2. The number of nitrogens with zero attached hydrogens (tertiary/aromatic N) is 1. The average molecular weight is 449 g/mol. The molecule has 31 heavy (non-hydrogen) atoms. The van der Waals surface area contributed by atoms with Crippen LogP contribution in [0.4, 0.5) is 5.69 Å². The lowest BCUT2D eigenvalue weighted by Gasteiger charge is -2.20. The van der Waals surface area contributed by atoms with E-state index < -0.39 is 21.8 Å². The Bertz CT molecular complexity index is 1020. The Morgan fingerprint density at radius 3 is 2.23 bits per heavy atom. The Labute approximate surface area is 182 Å². The smallest absolute Gasteiger partial charge is 0.269 e. The van der Waals surface area contributed by atoms with E-state index in [1.54, 1.807) is 58.2 Å². The van der Waals surface area contributed by atoms with Gasteiger partial charge in [-0.15, -0.1) is 0 Å². The fourth-order valence-electron chi connectivity index (χ4n) is 2.86. The SMILES string of the molecule is CCN(CC)S(=O)(=O)c1cc(C(=O)NNC(=O)CNc2ccc(OC)cc2)ccc1C. The maximum atomic E-state index is 12.8. The summed E-state index contributed by atoms with van der Waals surface area (Å²) in [5.74, 6) is -0.385. The van der Waals surface area contributed by atoms with Gasteiger partial charge in [0.05, 0.1) is 18.6 Å². The van der Waals surface area contributed by atoms with Crippen molar-refractivity contribution in [2.24, 2.45) is 0 Å². The van der Waals surface area contributed by atoms with Crippen molar-refractivity contribution in [2.45, 2.75) is 25.7 Å². The second-order valence-electron chi connectivity index (χ2n) is 6.65. The standard InChI is InChI=1S/C21H28N4O5S/c1-5-25(6-2)31(28,29)19-13-16(8-7-15(19)3)21(27)24-23-20(26)14-22-17-9-11-18(30-4)12-10-17/h7-13,22H,5-6,14H2,1-4H3,(H,23,26)(H,24,27). The normalized spacial score (nSPS) is 11.1. The van der Waals surface area contributed by atoms with Crippen molar-refractivity contribution >= 4 is 27.5 Å². The van der Waals surface area contributed by atoms with E-state index in [0.717, 1.165) is 0 Å². The summed E-state index contributed by atoms with van der Waals surface area (Å²) in [7, 11) is -2.15. The number of hydrogen-bond donors (Lipinski definition) is 3. The molecule has 2 aromatic carbocycles. The van der Waals surface area contributed by atoms with Crippen molar-refractivity contribution in [1.29, 1.82) is 0 Å². The summed E-state index contributed by atoms with van der Waals surface area (Å²) < 4.78 is 32.0. The summed E-state index contributed by atoms with van der Waals surface area (Å²) in [6, 6.07) is 11.4. The van der Waals surface area contributed by atoms with Crippen molar-refractivity contribution in [3.05, 3.63) is 53.6 Å². The van der Waals surface area contributed by atoms with Crippen LogP contribution in [-0.2, 0) is 14.8 Å². The van der Waals surface area contributed by atoms with Crippen LogP contribution < -0.4 is 20.9 Å². The van der Waals surface area contributed by atoms with Crippen LogP contribution in [0.25, 0.3) is 0 Å². The Morgan fingerprint density at radius 2 is 1.65 bits per heavy atom. The number of carbonyl (C=O) groups excluding carboxylic acids is 2. The Morgan fingerprint density at radius 1 is 1.00 bits per heavy atom. The van der Waals surface area contributed by atoms with E-state index in [9.17, 15) is 18.0 Å². The van der Waals surface area contributed by atoms with Crippen LogP contribution in [0.1, 0.15) is 29.8 Å². The Balaban J connectivity index is 1.99. The molecule has 0 aliphatic rings. The topological polar surface area (TPSA) is 117 Å². The number of ether oxygens (including phenoxy) is 1. The lowest BCUT2D eigenvalue weighted by Crippen LogP contribution is -2.44. The third kappa shape index (κ3) is 6.19. The third-order valence-corrected chi connectivity index (χ3v) is 6.82. The number of nitrogens with one attached hydrogen (secondary N) is 3. The van der Waals surface area contributed by atoms with Crippen LogP contribution in [-0.4, -0.2) is 51.3 Å². The van der Waals surface area contributed by atoms with Crippen molar-refractivity contribution in [3.8, 4) is 5.75 Å². The number of methoxy groups -OCH3 is 1. The van der Waals surface area contributed by atoms with Gasteiger partial charge in [0.2, 0.25) is 10.0 Å². The first-order valence-electron chi connectivity index (χ1n) is 9.80. The van der Waals surface area contributed by atoms with Gasteiger partial charge in [0.25, 0.3) is 11.8 Å². The van der Waals surface area contributed by atoms with E-state index in [2.05, 4.69) is 16.2 Å². The molecule has 0 aliphatic carbocycles. The van der Waals surface area contributed by atoms with Crippen molar-refractivity contribution in [1.82, 2.24) is 15.2 Å². The molecule has 0 spiro atoms. The number of aryl methyl sites for hydroxylation is 1. The molecule has 168 valence electrons. The van der Waals surface area contributed by atoms with Crippen LogP contribution in [0.15, 0.2) is 47.4 Å². The minimum Gasteiger partial charge on any atom is -0.497 e. The first-order chi connectivity index (χ1) is 14.7. The number of sulfonamides is 1. The maximum Gasteiger partial charge on any atom is 0.269 e. The Kier molecular flexibility index (Phi) is 8.40. The summed E-state index contributed by atoms with van der Waals surface area (Å²) in [5, 5.41) is 2.92. The maximum absolute atomic E-state index is 12.8. The zero-order valence-corrected chi connectivity index (χ0v) is 18.9. The van der Waals surface area contributed by atoms with Crippen LogP contribution in [0.3, 0.4) is 0 Å². The number of amides is 2. The highest BCUT2D eigenvalue weighted by Crippen LogP contribution is 2.21. The molecule has 0 heterocycles. The van der Waals surface area contributed by atoms with Crippen molar-refractivity contribution in [2.75, 3.05) is 32.1 Å². The fraction of sp³-hybridized carbons (Fsp3) is 0.333. The first-order valence-corrected chi connectivity index (χ1v) is 11.2. The van der Waals surface area contributed by atoms with E-state index in [1.165, 1.54) is 16.4 Å². The largest absolute Gasteiger partial charge is 0.497 e. The Hall–Kier alpha value is -3.11. The molecule has 0 aromatic heterocycles. The molecule has 0 saturated carbocycles. The molecule has 0 unspecified atom stereocenters. The van der Waals surface area contributed by atoms with Crippen LogP contribution in [0, 0.1) is 6.92 Å². The van der Waals surface area contributed by atoms with Gasteiger partial charge in [0.15, 0.2) is 0 Å². The highest BCUT2D eigenvalue weighted by molar-refractivity contribution is 7.89. The van der Waals surface area contributed by atoms with E-state index in [4.69, 9.17) is 4.74 Å². The molecule has 0 fully saturated rings. The lowest BCUT2D eigenvalue weighted by molar-refractivity contribution is -0.120. The van der Waals surface area contributed by atoms with Gasteiger partial charge < -0.3 is 10.1 Å². The zero-order chi connectivity index (χ0) is 23.0. The molecule has 2 rings (SSSR count). The van der Waals surface area contributed by atoms with Gasteiger partial charge in [-0.1, -0.05) is 19.9 Å². The van der Waals surface area contributed by atoms with E-state index in [1.807, 2.05) is 0 Å². The molecule has 0 atom stereocenters. The minimum atomic E-state index is -3.72. The summed E-state index contributed by atoms with van der Waals surface area (Å²) in [6.45, 7) is 5.76.